The van der Waals surface area contributed by atoms with Gasteiger partial charge in [0, 0.05) is 35.5 Å². The molecule has 14 nitrogen and oxygen atoms in total. The van der Waals surface area contributed by atoms with Gasteiger partial charge in [-0.05, 0) is 66.8 Å². The number of anilines is 1. The van der Waals surface area contributed by atoms with E-state index in [1.807, 2.05) is 30.3 Å². The molecule has 0 aliphatic rings. The minimum absolute atomic E-state index is 0.0485. The highest BCUT2D eigenvalue weighted by molar-refractivity contribution is 9.10. The molecule has 0 fully saturated rings. The third kappa shape index (κ3) is 12.0. The van der Waals surface area contributed by atoms with Crippen LogP contribution in [0.3, 0.4) is 0 Å². The Kier molecular flexibility index (Phi) is 14.7. The lowest BCUT2D eigenvalue weighted by molar-refractivity contribution is -0.146. The Balaban J connectivity index is 1.80. The van der Waals surface area contributed by atoms with Gasteiger partial charge in [-0.15, -0.1) is 0 Å². The van der Waals surface area contributed by atoms with Crippen LogP contribution in [0.25, 0.3) is 10.8 Å². The van der Waals surface area contributed by atoms with Crippen molar-refractivity contribution >= 4 is 73.7 Å². The van der Waals surface area contributed by atoms with E-state index in [9.17, 15) is 24.0 Å². The molecule has 3 aromatic carbocycles. The van der Waals surface area contributed by atoms with Gasteiger partial charge in [0.2, 0.25) is 17.5 Å². The smallest absolute Gasteiger partial charge is 0.328 e. The summed E-state index contributed by atoms with van der Waals surface area (Å²) in [4.78, 5) is 74.2. The first-order chi connectivity index (χ1) is 23.4. The predicted molar refractivity (Wildman–Crippen MR) is 192 cm³/mol. The van der Waals surface area contributed by atoms with Gasteiger partial charge in [0.05, 0.1) is 18.4 Å². The minimum atomic E-state index is -1.04. The van der Waals surface area contributed by atoms with Gasteiger partial charge in [0.1, 0.15) is 6.04 Å². The van der Waals surface area contributed by atoms with E-state index in [0.29, 0.717) is 35.8 Å². The van der Waals surface area contributed by atoms with Crippen LogP contribution in [0.5, 0.6) is 0 Å². The van der Waals surface area contributed by atoms with Crippen molar-refractivity contribution in [2.75, 3.05) is 25.5 Å². The van der Waals surface area contributed by atoms with Crippen LogP contribution in [0.4, 0.5) is 5.69 Å². The average molecular weight is 738 g/mol. The number of unbranched alkanes of at least 4 members (excludes halogenated alkanes) is 1. The third-order valence-corrected chi connectivity index (χ3v) is 8.04. The molecule has 3 rings (SSSR count). The number of ether oxygens (including phenoxy) is 1. The number of guanidine groups is 2. The molecule has 2 amide bonds. The number of nitrogens with one attached hydrogen (secondary N) is 2. The highest BCUT2D eigenvalue weighted by atomic mass is 79.9. The molecule has 3 aromatic rings. The van der Waals surface area contributed by atoms with Crippen LogP contribution in [-0.4, -0.2) is 67.5 Å². The maximum absolute atomic E-state index is 13.6. The molecule has 10 N–H and O–H groups in total. The first-order valence-electron chi connectivity index (χ1n) is 15.6. The lowest BCUT2D eigenvalue weighted by Gasteiger charge is -2.21. The second kappa shape index (κ2) is 18.9. The number of carbonyl (C=O) groups is 5. The van der Waals surface area contributed by atoms with Crippen molar-refractivity contribution < 1.29 is 28.7 Å². The summed E-state index contributed by atoms with van der Waals surface area (Å²) in [6.07, 6.45) is 1.19. The van der Waals surface area contributed by atoms with E-state index >= 15 is 0 Å². The van der Waals surface area contributed by atoms with Crippen LogP contribution in [0.15, 0.2) is 75.1 Å². The summed E-state index contributed by atoms with van der Waals surface area (Å²) in [5, 5.41) is 7.22. The van der Waals surface area contributed by atoms with E-state index in [4.69, 9.17) is 27.7 Å². The quantitative estimate of drug-likeness (QED) is 0.0278. The van der Waals surface area contributed by atoms with E-state index in [0.717, 1.165) is 10.8 Å². The van der Waals surface area contributed by atoms with Gasteiger partial charge in [-0.2, -0.15) is 0 Å². The van der Waals surface area contributed by atoms with Gasteiger partial charge in [-0.25, -0.2) is 4.79 Å². The highest BCUT2D eigenvalue weighted by Crippen LogP contribution is 2.25. The second-order valence-corrected chi connectivity index (χ2v) is 12.1. The van der Waals surface area contributed by atoms with E-state index in [1.165, 1.54) is 19.2 Å². The number of esters is 1. The number of rotatable bonds is 18. The molecule has 15 heteroatoms. The lowest BCUT2D eigenvalue weighted by atomic mass is 9.91. The van der Waals surface area contributed by atoms with Crippen molar-refractivity contribution in [3.8, 4) is 0 Å². The van der Waals surface area contributed by atoms with Crippen LogP contribution in [0.1, 0.15) is 59.2 Å². The van der Waals surface area contributed by atoms with Crippen LogP contribution in [-0.2, 0) is 19.1 Å². The molecular weight excluding hydrogens is 696 g/mol. The van der Waals surface area contributed by atoms with Crippen LogP contribution >= 0.6 is 15.9 Å². The van der Waals surface area contributed by atoms with Gasteiger partial charge in [-0.1, -0.05) is 52.7 Å². The fourth-order valence-corrected chi connectivity index (χ4v) is 5.39. The van der Waals surface area contributed by atoms with Gasteiger partial charge >= 0.3 is 5.97 Å². The molecular formula is C34H41BrN8O6. The molecule has 0 aliphatic heterocycles. The molecule has 0 aromatic heterocycles. The van der Waals surface area contributed by atoms with Crippen molar-refractivity contribution in [3.05, 3.63) is 76.3 Å². The summed E-state index contributed by atoms with van der Waals surface area (Å²) in [5.74, 6) is -4.68. The fraction of sp³-hybridized carbons (Fsp3) is 0.324. The Morgan fingerprint density at radius 3 is 2.16 bits per heavy atom. The Morgan fingerprint density at radius 1 is 0.816 bits per heavy atom. The average Bonchev–Trinajstić information content (AvgIpc) is 3.08. The number of nitrogens with two attached hydrogens (primary N) is 4. The van der Waals surface area contributed by atoms with Crippen LogP contribution in [0, 0.1) is 5.92 Å². The van der Waals surface area contributed by atoms with E-state index in [2.05, 4.69) is 36.5 Å². The number of hydrogen-bond donors (Lipinski definition) is 6. The molecule has 0 saturated carbocycles. The van der Waals surface area contributed by atoms with Gasteiger partial charge in [0.25, 0.3) is 5.91 Å². The molecule has 2 atom stereocenters. The first-order valence-corrected chi connectivity index (χ1v) is 16.3. The monoisotopic (exact) mass is 736 g/mol. The Hall–Kier alpha value is -5.31. The number of fused-ring (bicyclic) bond motifs is 1. The van der Waals surface area contributed by atoms with Crippen molar-refractivity contribution in [1.82, 2.24) is 5.32 Å². The van der Waals surface area contributed by atoms with Crippen molar-refractivity contribution in [3.63, 3.8) is 0 Å². The molecule has 260 valence electrons. The molecule has 0 heterocycles. The fourth-order valence-electron chi connectivity index (χ4n) is 5.03. The van der Waals surface area contributed by atoms with Crippen LogP contribution < -0.4 is 33.6 Å². The third-order valence-electron chi connectivity index (χ3n) is 7.54. The first kappa shape index (κ1) is 38.1. The maximum atomic E-state index is 13.6. The van der Waals surface area contributed by atoms with Crippen LogP contribution in [0.2, 0.25) is 0 Å². The Bertz CT molecular complexity index is 1740. The minimum Gasteiger partial charge on any atom is -0.467 e. The summed E-state index contributed by atoms with van der Waals surface area (Å²) in [6.45, 7) is 0.525. The zero-order valence-electron chi connectivity index (χ0n) is 27.1. The summed E-state index contributed by atoms with van der Waals surface area (Å²) >= 11 is 3.33. The molecule has 0 saturated heterocycles. The summed E-state index contributed by atoms with van der Waals surface area (Å²) in [7, 11) is 1.19. The number of hydrogen-bond acceptors (Lipinski definition) is 8. The number of amides is 2. The zero-order chi connectivity index (χ0) is 35.9. The largest absolute Gasteiger partial charge is 0.467 e. The zero-order valence-corrected chi connectivity index (χ0v) is 28.7. The molecule has 0 aliphatic carbocycles. The molecule has 0 radical (unpaired) electrons. The number of Topliss-reactive ketones (excluding diaryl/α,β-unsaturated/α-hetero) is 2. The number of ketones is 2. The van der Waals surface area contributed by atoms with Gasteiger partial charge in [0.15, 0.2) is 11.9 Å². The molecule has 49 heavy (non-hydrogen) atoms. The Labute approximate surface area is 292 Å². The maximum Gasteiger partial charge on any atom is 0.328 e. The van der Waals surface area contributed by atoms with Crippen molar-refractivity contribution in [2.24, 2.45) is 38.8 Å². The number of nitrogens with zero attached hydrogens (tertiary/aromatic N) is 2. The summed E-state index contributed by atoms with van der Waals surface area (Å²) in [6, 6.07) is 16.3. The number of aliphatic imine (C=N–C) groups is 2. The van der Waals surface area contributed by atoms with E-state index in [-0.39, 0.29) is 42.6 Å². The van der Waals surface area contributed by atoms with Gasteiger partial charge < -0.3 is 38.3 Å². The van der Waals surface area contributed by atoms with E-state index < -0.39 is 47.7 Å². The summed E-state index contributed by atoms with van der Waals surface area (Å²) < 4.78 is 5.36. The molecule has 2 unspecified atom stereocenters. The SMILES string of the molecule is COC(=O)C(CCCN=C(N)N)NC(=O)C(CCCCN=C(N)N)CC(=O)C(=O)c1cc(Br)ccc1NC(=O)c1ccc2ccccc2c1. The Morgan fingerprint density at radius 2 is 1.49 bits per heavy atom. The van der Waals surface area contributed by atoms with Crippen molar-refractivity contribution in [1.29, 1.82) is 0 Å². The normalized spacial score (nSPS) is 11.9. The second-order valence-electron chi connectivity index (χ2n) is 11.2. The molecule has 0 spiro atoms. The summed E-state index contributed by atoms with van der Waals surface area (Å²) in [5.41, 5.74) is 22.0. The molecule has 0 bridgehead atoms. The number of carbonyl (C=O) groups excluding carboxylic acids is 5. The topological polar surface area (TPSA) is 247 Å². The van der Waals surface area contributed by atoms with E-state index in [1.54, 1.807) is 18.2 Å². The van der Waals surface area contributed by atoms with Crippen molar-refractivity contribution in [2.45, 2.75) is 44.6 Å². The number of benzene rings is 3. The lowest BCUT2D eigenvalue weighted by Crippen LogP contribution is -2.45. The predicted octanol–water partition coefficient (Wildman–Crippen LogP) is 2.77. The standard InChI is InChI=1S/C34H41BrN8O6/c1-49-32(48)27(10-6-16-41-34(38)39)43-30(46)22(9-4-5-15-40-33(36)37)18-28(44)29(45)25-19-24(35)13-14-26(25)42-31(47)23-12-11-20-7-2-3-8-21(20)17-23/h2-3,7-8,11-14,17,19,22,27H,4-6,9-10,15-16,18H2,1H3,(H,42,47)(H,43,46)(H4,36,37,40)(H4,38,39,41). The number of methoxy groups -OCH3 is 1. The van der Waals surface area contributed by atoms with Gasteiger partial charge in [-0.3, -0.25) is 29.2 Å². The highest BCUT2D eigenvalue weighted by Gasteiger charge is 2.30. The number of halogens is 1.